The normalized spacial score (nSPS) is 29.1. The number of hydrogen-bond donors (Lipinski definition) is 1. The second-order valence-corrected chi connectivity index (χ2v) is 10.6. The molecule has 5 rings (SSSR count). The van der Waals surface area contributed by atoms with Crippen LogP contribution in [-0.4, -0.2) is 58.7 Å². The van der Waals surface area contributed by atoms with Gasteiger partial charge in [-0.1, -0.05) is 35.5 Å². The van der Waals surface area contributed by atoms with Crippen molar-refractivity contribution in [2.24, 2.45) is 34.7 Å². The second-order valence-electron chi connectivity index (χ2n) is 10.6. The maximum Gasteiger partial charge on any atom is 0.409 e. The van der Waals surface area contributed by atoms with Gasteiger partial charge in [0.2, 0.25) is 0 Å². The van der Waals surface area contributed by atoms with E-state index in [2.05, 4.69) is 22.3 Å². The number of carbonyl (C=O) groups is 2. The number of ether oxygens (including phenoxy) is 2. The number of benzene rings is 1. The van der Waals surface area contributed by atoms with Crippen LogP contribution in [-0.2, 0) is 14.3 Å². The Hall–Kier alpha value is -3.68. The van der Waals surface area contributed by atoms with Crippen molar-refractivity contribution in [2.45, 2.75) is 39.7 Å². The molecule has 2 saturated heterocycles. The fraction of sp³-hybridized carbons (Fsp3) is 0.467. The molecule has 8 nitrogen and oxygen atoms in total. The molecular formula is C30H35N3O5. The van der Waals surface area contributed by atoms with E-state index < -0.39 is 0 Å². The molecule has 1 amide bonds. The summed E-state index contributed by atoms with van der Waals surface area (Å²) in [6.07, 6.45) is 7.36. The first-order chi connectivity index (χ1) is 18.4. The predicted octanol–water partition coefficient (Wildman–Crippen LogP) is 5.25. The lowest BCUT2D eigenvalue weighted by Crippen LogP contribution is -2.51. The second kappa shape index (κ2) is 11.0. The number of esters is 1. The molecule has 6 unspecified atom stereocenters. The van der Waals surface area contributed by atoms with Crippen molar-refractivity contribution >= 4 is 23.9 Å². The molecule has 8 heteroatoms. The highest BCUT2D eigenvalue weighted by atomic mass is 16.6. The number of rotatable bonds is 5. The predicted molar refractivity (Wildman–Crippen MR) is 144 cm³/mol. The van der Waals surface area contributed by atoms with Gasteiger partial charge in [-0.05, 0) is 80.7 Å². The Kier molecular flexibility index (Phi) is 7.49. The molecule has 1 aromatic carbocycles. The molecule has 1 aliphatic carbocycles. The van der Waals surface area contributed by atoms with E-state index in [9.17, 15) is 9.59 Å². The molecular weight excluding hydrogens is 482 g/mol. The fourth-order valence-corrected chi connectivity index (χ4v) is 6.60. The minimum atomic E-state index is -0.267. The zero-order valence-electron chi connectivity index (χ0n) is 22.1. The summed E-state index contributed by atoms with van der Waals surface area (Å²) in [5.74, 6) is 0.649. The van der Waals surface area contributed by atoms with Crippen molar-refractivity contribution in [3.05, 3.63) is 59.9 Å². The Morgan fingerprint density at radius 3 is 2.87 bits per heavy atom. The zero-order valence-corrected chi connectivity index (χ0v) is 22.1. The molecule has 3 fully saturated rings. The first-order valence-electron chi connectivity index (χ1n) is 13.5. The molecule has 0 radical (unpaired) electrons. The van der Waals surface area contributed by atoms with Gasteiger partial charge in [0.25, 0.3) is 0 Å². The highest BCUT2D eigenvalue weighted by molar-refractivity contribution is 5.99. The molecule has 0 bridgehead atoms. The minimum Gasteiger partial charge on any atom is -0.462 e. The van der Waals surface area contributed by atoms with Gasteiger partial charge in [-0.15, -0.1) is 0 Å². The highest BCUT2D eigenvalue weighted by Gasteiger charge is 2.54. The summed E-state index contributed by atoms with van der Waals surface area (Å²) in [6, 6.07) is 11.8. The minimum absolute atomic E-state index is 0.112. The number of pyridine rings is 1. The van der Waals surface area contributed by atoms with E-state index in [0.717, 1.165) is 35.2 Å². The molecule has 3 heterocycles. The standard InChI is InChI=1S/C30H35N3O5/c1-4-37-30(35)33-13-12-25-23(17-33)15-27-28(19(3)38-29(27)34)26(25)11-10-24-9-8-22(16-31-24)21-7-5-6-20(14-21)18(2)32-36/h5-11,14,16,19,23,25-28,36H,4,12-13,15,17H2,1-3H3/b11-10+,32-18+. The van der Waals surface area contributed by atoms with Gasteiger partial charge in [-0.2, -0.15) is 0 Å². The summed E-state index contributed by atoms with van der Waals surface area (Å²) >= 11 is 0. The Labute approximate surface area is 223 Å². The SMILES string of the molecule is CCOC(=O)N1CCC2C(CC3C(=O)OC(C)C3C2/C=C/c2ccc(-c3cccc(/C(C)=N/O)c3)cn2)C1. The van der Waals surface area contributed by atoms with E-state index in [-0.39, 0.29) is 41.8 Å². The molecule has 1 saturated carbocycles. The maximum absolute atomic E-state index is 12.7. The van der Waals surface area contributed by atoms with E-state index in [1.807, 2.05) is 56.4 Å². The third-order valence-electron chi connectivity index (χ3n) is 8.46. The number of amides is 1. The van der Waals surface area contributed by atoms with Crippen LogP contribution in [0.3, 0.4) is 0 Å². The van der Waals surface area contributed by atoms with Crippen molar-refractivity contribution in [3.8, 4) is 11.1 Å². The number of likely N-dealkylation sites (tertiary alicyclic amines) is 1. The van der Waals surface area contributed by atoms with Crippen LogP contribution in [0.4, 0.5) is 4.79 Å². The molecule has 2 aliphatic heterocycles. The third-order valence-corrected chi connectivity index (χ3v) is 8.46. The molecule has 0 spiro atoms. The van der Waals surface area contributed by atoms with Gasteiger partial charge in [0, 0.05) is 30.8 Å². The molecule has 2 aromatic rings. The van der Waals surface area contributed by atoms with Crippen LogP contribution in [0.5, 0.6) is 0 Å². The monoisotopic (exact) mass is 517 g/mol. The van der Waals surface area contributed by atoms with E-state index in [1.54, 1.807) is 11.8 Å². The molecule has 200 valence electrons. The molecule has 38 heavy (non-hydrogen) atoms. The Balaban J connectivity index is 1.36. The molecule has 1 N–H and O–H groups in total. The number of fused-ring (bicyclic) bond motifs is 2. The molecule has 3 aliphatic rings. The summed E-state index contributed by atoms with van der Waals surface area (Å²) in [7, 11) is 0. The van der Waals surface area contributed by atoms with E-state index in [1.165, 1.54) is 0 Å². The number of piperidine rings is 1. The van der Waals surface area contributed by atoms with Crippen LogP contribution < -0.4 is 0 Å². The number of hydrogen-bond acceptors (Lipinski definition) is 7. The number of carbonyl (C=O) groups excluding carboxylic acids is 2. The van der Waals surface area contributed by atoms with Crippen molar-refractivity contribution in [3.63, 3.8) is 0 Å². The van der Waals surface area contributed by atoms with Gasteiger partial charge in [0.15, 0.2) is 0 Å². The third kappa shape index (κ3) is 5.04. The van der Waals surface area contributed by atoms with Gasteiger partial charge >= 0.3 is 12.1 Å². The summed E-state index contributed by atoms with van der Waals surface area (Å²) in [4.78, 5) is 31.6. The van der Waals surface area contributed by atoms with Crippen LogP contribution in [0.2, 0.25) is 0 Å². The lowest BCUT2D eigenvalue weighted by molar-refractivity contribution is -0.144. The summed E-state index contributed by atoms with van der Waals surface area (Å²) < 4.78 is 10.9. The van der Waals surface area contributed by atoms with Crippen molar-refractivity contribution in [1.29, 1.82) is 0 Å². The van der Waals surface area contributed by atoms with Crippen LogP contribution >= 0.6 is 0 Å². The van der Waals surface area contributed by atoms with Gasteiger partial charge in [0.05, 0.1) is 23.9 Å². The van der Waals surface area contributed by atoms with Crippen LogP contribution in [0.1, 0.15) is 44.9 Å². The van der Waals surface area contributed by atoms with Gasteiger partial charge in [-0.25, -0.2) is 4.79 Å². The Bertz CT molecular complexity index is 1240. The number of allylic oxidation sites excluding steroid dienone is 1. The van der Waals surface area contributed by atoms with Gasteiger partial charge in [0.1, 0.15) is 6.10 Å². The van der Waals surface area contributed by atoms with Crippen LogP contribution in [0.25, 0.3) is 17.2 Å². The topological polar surface area (TPSA) is 101 Å². The lowest BCUT2D eigenvalue weighted by Gasteiger charge is -2.48. The average molecular weight is 518 g/mol. The number of oxime groups is 1. The highest BCUT2D eigenvalue weighted by Crippen LogP contribution is 2.51. The largest absolute Gasteiger partial charge is 0.462 e. The summed E-state index contributed by atoms with van der Waals surface area (Å²) in [5.41, 5.74) is 4.23. The quantitative estimate of drug-likeness (QED) is 0.252. The Morgan fingerprint density at radius 2 is 2.13 bits per heavy atom. The first kappa shape index (κ1) is 25.9. The van der Waals surface area contributed by atoms with Gasteiger partial charge in [-0.3, -0.25) is 9.78 Å². The molecule has 1 aromatic heterocycles. The fourth-order valence-electron chi connectivity index (χ4n) is 6.60. The lowest BCUT2D eigenvalue weighted by atomic mass is 9.59. The maximum atomic E-state index is 12.7. The van der Waals surface area contributed by atoms with E-state index in [4.69, 9.17) is 14.7 Å². The van der Waals surface area contributed by atoms with E-state index >= 15 is 0 Å². The average Bonchev–Trinajstić information content (AvgIpc) is 3.23. The van der Waals surface area contributed by atoms with Crippen molar-refractivity contribution in [1.82, 2.24) is 9.88 Å². The first-order valence-corrected chi connectivity index (χ1v) is 13.5. The number of cyclic esters (lactones) is 1. The molecule has 6 atom stereocenters. The number of aromatic nitrogens is 1. The zero-order chi connectivity index (χ0) is 26.8. The van der Waals surface area contributed by atoms with Crippen LogP contribution in [0.15, 0.2) is 53.8 Å². The smallest absolute Gasteiger partial charge is 0.409 e. The van der Waals surface area contributed by atoms with Crippen molar-refractivity contribution < 1.29 is 24.3 Å². The Morgan fingerprint density at radius 1 is 1.29 bits per heavy atom. The van der Waals surface area contributed by atoms with Crippen molar-refractivity contribution in [2.75, 3.05) is 19.7 Å². The summed E-state index contributed by atoms with van der Waals surface area (Å²) in [5, 5.41) is 12.4. The number of nitrogens with zero attached hydrogens (tertiary/aromatic N) is 3. The van der Waals surface area contributed by atoms with Crippen LogP contribution in [0, 0.1) is 29.6 Å². The van der Waals surface area contributed by atoms with E-state index in [0.29, 0.717) is 31.3 Å². The van der Waals surface area contributed by atoms with Gasteiger partial charge < -0.3 is 19.6 Å². The summed E-state index contributed by atoms with van der Waals surface area (Å²) in [6.45, 7) is 7.22.